The molecule has 4 saturated heterocycles. The molecule has 54 heavy (non-hydrogen) atoms. The fraction of sp³-hybridized carbons (Fsp3) is 0.862. The average molecular weight is 791 g/mol. The zero-order valence-corrected chi connectivity index (χ0v) is 28.8. The first-order valence-corrected chi connectivity index (χ1v) is 16.5. The molecule has 13 N–H and O–H groups in total. The molecule has 0 radical (unpaired) electrons. The Kier molecular flexibility index (Phi) is 15.0. The van der Waals surface area contributed by atoms with E-state index in [-0.39, 0.29) is 0 Å². The molecule has 20 unspecified atom stereocenters. The van der Waals surface area contributed by atoms with Gasteiger partial charge in [0.05, 0.1) is 13.2 Å². The van der Waals surface area contributed by atoms with Crippen LogP contribution in [0.15, 0.2) is 0 Å². The van der Waals surface area contributed by atoms with Crippen LogP contribution in [0.25, 0.3) is 0 Å². The minimum absolute atomic E-state index is 0.678. The molecule has 0 saturated carbocycles. The fourth-order valence-corrected chi connectivity index (χ4v) is 6.55. The highest BCUT2D eigenvalue weighted by molar-refractivity contribution is 5.74. The second-order valence-electron chi connectivity index (χ2n) is 12.9. The van der Waals surface area contributed by atoms with Crippen LogP contribution in [0.1, 0.15) is 13.8 Å². The minimum Gasteiger partial charge on any atom is -0.479 e. The maximum Gasteiger partial charge on any atom is 0.335 e. The van der Waals surface area contributed by atoms with Crippen LogP contribution < -0.4 is 10.6 Å². The van der Waals surface area contributed by atoms with Crippen LogP contribution >= 0.6 is 0 Å². The lowest BCUT2D eigenvalue weighted by atomic mass is 9.94. The van der Waals surface area contributed by atoms with E-state index in [9.17, 15) is 75.3 Å². The van der Waals surface area contributed by atoms with Crippen LogP contribution in [0.2, 0.25) is 0 Å². The number of carbonyl (C=O) groups is 4. The number of carboxylic acid groups (broad SMARTS) is 2. The van der Waals surface area contributed by atoms with E-state index in [4.69, 9.17) is 37.9 Å². The van der Waals surface area contributed by atoms with Gasteiger partial charge in [-0.25, -0.2) is 9.59 Å². The van der Waals surface area contributed by atoms with Crippen LogP contribution in [0.5, 0.6) is 0 Å². The summed E-state index contributed by atoms with van der Waals surface area (Å²) in [7, 11) is 1.16. The topological polar surface area (TPSA) is 389 Å². The number of hydrogen-bond donors (Lipinski definition) is 13. The molecule has 4 fully saturated rings. The summed E-state index contributed by atoms with van der Waals surface area (Å²) >= 11 is 0. The average Bonchev–Trinajstić information content (AvgIpc) is 3.10. The zero-order valence-electron chi connectivity index (χ0n) is 28.8. The molecule has 4 aliphatic rings. The van der Waals surface area contributed by atoms with Crippen molar-refractivity contribution in [2.75, 3.05) is 20.3 Å². The highest BCUT2D eigenvalue weighted by Gasteiger charge is 2.57. The molecule has 310 valence electrons. The van der Waals surface area contributed by atoms with Gasteiger partial charge in [0.2, 0.25) is 11.8 Å². The summed E-state index contributed by atoms with van der Waals surface area (Å²) < 4.78 is 43.8. The number of carbonyl (C=O) groups excluding carboxylic acids is 2. The monoisotopic (exact) mass is 790 g/mol. The number of ether oxygens (including phenoxy) is 8. The summed E-state index contributed by atoms with van der Waals surface area (Å²) in [4.78, 5) is 48.7. The first kappa shape index (κ1) is 43.9. The zero-order chi connectivity index (χ0) is 40.3. The van der Waals surface area contributed by atoms with E-state index >= 15 is 0 Å². The number of aliphatic hydroxyl groups excluding tert-OH is 9. The number of rotatable bonds is 13. The summed E-state index contributed by atoms with van der Waals surface area (Å²) in [6.07, 6.45) is -35.2. The third-order valence-corrected chi connectivity index (χ3v) is 9.19. The second-order valence-corrected chi connectivity index (χ2v) is 12.9. The third-order valence-electron chi connectivity index (χ3n) is 9.19. The summed E-state index contributed by atoms with van der Waals surface area (Å²) in [5, 5.41) is 119. The number of nitrogens with one attached hydrogen (secondary N) is 2. The fourth-order valence-electron chi connectivity index (χ4n) is 6.55. The standard InChI is InChI=1S/C29H46N2O23/c1-6(34)30-10-18(47-3)12(36)8(4-32)48-27(10)53-21-15(39)17(41)29(54-23(21)25(44)45)51-19-11(31-7(2)35)28(49-9(5-33)13(19)37)52-20-14(38)16(40)26(46)50-22(20)24(42)43/h8-23,26-29,32-33,36-41,46H,4-5H2,1-3H3,(H,30,34)(H,31,35)(H,42,43)(H,44,45). The first-order valence-electron chi connectivity index (χ1n) is 16.5. The Balaban J connectivity index is 1.63. The molecule has 2 amide bonds. The highest BCUT2D eigenvalue weighted by Crippen LogP contribution is 2.35. The van der Waals surface area contributed by atoms with Gasteiger partial charge in [0.25, 0.3) is 0 Å². The van der Waals surface area contributed by atoms with Gasteiger partial charge in [0.1, 0.15) is 85.3 Å². The lowest BCUT2D eigenvalue weighted by Crippen LogP contribution is -2.70. The van der Waals surface area contributed by atoms with Crippen molar-refractivity contribution in [3.63, 3.8) is 0 Å². The molecule has 25 heteroatoms. The number of carboxylic acids is 2. The van der Waals surface area contributed by atoms with Crippen molar-refractivity contribution in [3.8, 4) is 0 Å². The first-order chi connectivity index (χ1) is 25.4. The Hall–Kier alpha value is -2.80. The Morgan fingerprint density at radius 2 is 0.944 bits per heavy atom. The largest absolute Gasteiger partial charge is 0.479 e. The van der Waals surface area contributed by atoms with Crippen LogP contribution in [0, 0.1) is 0 Å². The lowest BCUT2D eigenvalue weighted by Gasteiger charge is -2.49. The minimum atomic E-state index is -2.26. The summed E-state index contributed by atoms with van der Waals surface area (Å²) in [5.74, 6) is -5.14. The molecule has 0 bridgehead atoms. The molecule has 0 aromatic rings. The van der Waals surface area contributed by atoms with Gasteiger partial charge in [-0.15, -0.1) is 0 Å². The number of methoxy groups -OCH3 is 1. The number of aliphatic hydroxyl groups is 9. The molecule has 0 aromatic heterocycles. The third kappa shape index (κ3) is 9.24. The quantitative estimate of drug-likeness (QED) is 0.0823. The van der Waals surface area contributed by atoms with E-state index in [0.29, 0.717) is 0 Å². The van der Waals surface area contributed by atoms with Crippen molar-refractivity contribution in [2.45, 2.75) is 137 Å². The normalized spacial score (nSPS) is 45.6. The van der Waals surface area contributed by atoms with Gasteiger partial charge in [-0.1, -0.05) is 0 Å². The molecule has 4 rings (SSSR count). The summed E-state index contributed by atoms with van der Waals surface area (Å²) in [6.45, 7) is 0.268. The Labute approximate surface area is 304 Å². The van der Waals surface area contributed by atoms with Gasteiger partial charge in [-0.3, -0.25) is 9.59 Å². The van der Waals surface area contributed by atoms with Crippen molar-refractivity contribution >= 4 is 23.8 Å². The van der Waals surface area contributed by atoms with Crippen molar-refractivity contribution in [2.24, 2.45) is 0 Å². The van der Waals surface area contributed by atoms with Crippen LogP contribution in [0.4, 0.5) is 0 Å². The van der Waals surface area contributed by atoms with E-state index in [0.717, 1.165) is 21.0 Å². The van der Waals surface area contributed by atoms with E-state index in [1.54, 1.807) is 0 Å². The van der Waals surface area contributed by atoms with Gasteiger partial charge < -0.3 is 105 Å². The molecular formula is C29H46N2O23. The van der Waals surface area contributed by atoms with Crippen LogP contribution in [0.3, 0.4) is 0 Å². The van der Waals surface area contributed by atoms with Gasteiger partial charge in [-0.2, -0.15) is 0 Å². The van der Waals surface area contributed by atoms with Crippen molar-refractivity contribution in [3.05, 3.63) is 0 Å². The summed E-state index contributed by atoms with van der Waals surface area (Å²) in [6, 6.07) is -3.16. The number of amides is 2. The van der Waals surface area contributed by atoms with E-state index in [2.05, 4.69) is 10.6 Å². The lowest BCUT2D eigenvalue weighted by molar-refractivity contribution is -0.368. The maximum atomic E-state index is 12.5. The Morgan fingerprint density at radius 3 is 1.37 bits per heavy atom. The molecule has 4 heterocycles. The van der Waals surface area contributed by atoms with E-state index in [1.165, 1.54) is 0 Å². The van der Waals surface area contributed by atoms with Crippen molar-refractivity contribution in [1.29, 1.82) is 0 Å². The van der Waals surface area contributed by atoms with Gasteiger partial charge in [0.15, 0.2) is 37.4 Å². The number of hydrogen-bond acceptors (Lipinski definition) is 21. The van der Waals surface area contributed by atoms with Crippen LogP contribution in [-0.2, 0) is 57.1 Å². The summed E-state index contributed by atoms with van der Waals surface area (Å²) in [5.41, 5.74) is 0. The molecule has 25 nitrogen and oxygen atoms in total. The van der Waals surface area contributed by atoms with Crippen molar-refractivity contribution < 1.29 is 113 Å². The maximum absolute atomic E-state index is 12.5. The van der Waals surface area contributed by atoms with Gasteiger partial charge in [0, 0.05) is 21.0 Å². The van der Waals surface area contributed by atoms with Gasteiger partial charge in [-0.05, 0) is 0 Å². The Bertz CT molecular complexity index is 1310. The smallest absolute Gasteiger partial charge is 0.335 e. The molecule has 0 spiro atoms. The molecular weight excluding hydrogens is 744 g/mol. The van der Waals surface area contributed by atoms with E-state index in [1.807, 2.05) is 0 Å². The molecule has 0 aromatic carbocycles. The Morgan fingerprint density at radius 1 is 0.537 bits per heavy atom. The van der Waals surface area contributed by atoms with Gasteiger partial charge >= 0.3 is 11.9 Å². The van der Waals surface area contributed by atoms with Crippen LogP contribution in [-0.4, -0.2) is 223 Å². The predicted molar refractivity (Wildman–Crippen MR) is 163 cm³/mol. The molecule has 20 atom stereocenters. The highest BCUT2D eigenvalue weighted by atomic mass is 16.8. The SMILES string of the molecule is COC1C(O)C(CO)OC(OC2C(C(=O)O)OC(OC3C(O)C(CO)OC(OC4C(C(=O)O)OC(O)C(O)C4O)C3NC(C)=O)C(O)C2O)C1NC(C)=O. The number of aliphatic carboxylic acids is 2. The molecule has 0 aliphatic carbocycles. The van der Waals surface area contributed by atoms with E-state index < -0.39 is 160 Å². The second kappa shape index (κ2) is 18.4. The van der Waals surface area contributed by atoms with Crippen molar-refractivity contribution in [1.82, 2.24) is 10.6 Å². The predicted octanol–water partition coefficient (Wildman–Crippen LogP) is -8.62. The molecule has 4 aliphatic heterocycles.